The molecule has 0 saturated carbocycles. The number of fused-ring (bicyclic) bond motifs is 4. The second kappa shape index (κ2) is 10.9. The van der Waals surface area contributed by atoms with Crippen LogP contribution in [0, 0.1) is 0 Å². The molecule has 5 rings (SSSR count). The van der Waals surface area contributed by atoms with Gasteiger partial charge in [-0.15, -0.1) is 11.6 Å². The molecular weight excluding hydrogens is 504 g/mol. The molecule has 0 aliphatic carbocycles. The molecule has 0 spiro atoms. The van der Waals surface area contributed by atoms with E-state index in [1.165, 1.54) is 5.56 Å². The van der Waals surface area contributed by atoms with E-state index in [4.69, 9.17) is 21.1 Å². The number of methoxy groups -OCH3 is 1. The van der Waals surface area contributed by atoms with Crippen LogP contribution < -0.4 is 30.3 Å². The topological polar surface area (TPSA) is 91.9 Å². The van der Waals surface area contributed by atoms with Crippen molar-refractivity contribution in [1.29, 1.82) is 0 Å². The van der Waals surface area contributed by atoms with Gasteiger partial charge in [-0.1, -0.05) is 24.3 Å². The van der Waals surface area contributed by atoms with Crippen LogP contribution in [0.5, 0.6) is 11.5 Å². The number of nitrogens with one attached hydrogen (secondary N) is 3. The Bertz CT molecular complexity index is 1380. The molecule has 3 aromatic carbocycles. The Morgan fingerprint density at radius 3 is 2.71 bits per heavy atom. The molecule has 0 fully saturated rings. The molecule has 0 saturated heterocycles. The average Bonchev–Trinajstić information content (AvgIpc) is 3.25. The van der Waals surface area contributed by atoms with E-state index in [1.807, 2.05) is 47.4 Å². The molecule has 2 aliphatic rings. The Hall–Kier alpha value is -3.75. The summed E-state index contributed by atoms with van der Waals surface area (Å²) in [5, 5.41) is 9.29. The van der Waals surface area contributed by atoms with Gasteiger partial charge >= 0.3 is 0 Å². The normalized spacial score (nSPS) is 16.5. The van der Waals surface area contributed by atoms with Gasteiger partial charge in [0, 0.05) is 29.9 Å². The summed E-state index contributed by atoms with van der Waals surface area (Å²) in [4.78, 5) is 27.9. The lowest BCUT2D eigenvalue weighted by molar-refractivity contribution is -0.117. The van der Waals surface area contributed by atoms with Crippen molar-refractivity contribution in [2.24, 2.45) is 0 Å². The van der Waals surface area contributed by atoms with Crippen LogP contribution >= 0.6 is 11.6 Å². The maximum absolute atomic E-state index is 13.6. The molecule has 3 N–H and O–H groups in total. The predicted molar refractivity (Wildman–Crippen MR) is 150 cm³/mol. The Morgan fingerprint density at radius 2 is 1.95 bits per heavy atom. The number of nitrogens with zero attached hydrogens (tertiary/aromatic N) is 1. The van der Waals surface area contributed by atoms with E-state index in [0.717, 1.165) is 23.2 Å². The number of carbonyl (C=O) groups is 2. The lowest BCUT2D eigenvalue weighted by atomic mass is 10.1. The monoisotopic (exact) mass is 534 g/mol. The van der Waals surface area contributed by atoms with E-state index in [9.17, 15) is 9.59 Å². The quantitative estimate of drug-likeness (QED) is 0.367. The minimum Gasteiger partial charge on any atom is -0.493 e. The number of amides is 2. The minimum absolute atomic E-state index is 0.0419. The van der Waals surface area contributed by atoms with Crippen molar-refractivity contribution in [3.05, 3.63) is 76.9 Å². The standard InChI is InChI=1S/C29H31ClN4O4/c1-17(31-2)28(35)33-21-9-18(14-30)8-19(10-21)16-38-27-13-24-23(12-26(27)37-3)29(36)34-22(15-32-24)11-20-6-4-5-7-25(20)34/h4-10,12-13,17,22,31-32H,11,14-16H2,1-3H3,(H,33,35). The fourth-order valence-corrected chi connectivity index (χ4v) is 5.10. The van der Waals surface area contributed by atoms with Crippen LogP contribution in [-0.4, -0.2) is 44.6 Å². The van der Waals surface area contributed by atoms with Crippen molar-refractivity contribution in [3.63, 3.8) is 0 Å². The van der Waals surface area contributed by atoms with Gasteiger partial charge in [0.2, 0.25) is 5.91 Å². The van der Waals surface area contributed by atoms with Gasteiger partial charge in [0.1, 0.15) is 6.61 Å². The number of ether oxygens (including phenoxy) is 2. The number of alkyl halides is 1. The number of carbonyl (C=O) groups excluding carboxylic acids is 2. The molecule has 2 aliphatic heterocycles. The van der Waals surface area contributed by atoms with E-state index >= 15 is 0 Å². The summed E-state index contributed by atoms with van der Waals surface area (Å²) in [6.07, 6.45) is 0.812. The number of hydrogen-bond acceptors (Lipinski definition) is 6. The first-order valence-corrected chi connectivity index (χ1v) is 13.1. The highest BCUT2D eigenvalue weighted by Crippen LogP contribution is 2.40. The highest BCUT2D eigenvalue weighted by atomic mass is 35.5. The van der Waals surface area contributed by atoms with Crippen LogP contribution in [0.15, 0.2) is 54.6 Å². The molecule has 2 atom stereocenters. The minimum atomic E-state index is -0.335. The first-order valence-electron chi connectivity index (χ1n) is 12.6. The number of halogens is 1. The third-order valence-electron chi connectivity index (χ3n) is 7.05. The molecule has 0 radical (unpaired) electrons. The van der Waals surface area contributed by atoms with Gasteiger partial charge in [-0.05, 0) is 61.3 Å². The van der Waals surface area contributed by atoms with Crippen molar-refractivity contribution in [2.45, 2.75) is 37.9 Å². The molecule has 0 bridgehead atoms. The Labute approximate surface area is 227 Å². The molecule has 38 heavy (non-hydrogen) atoms. The van der Waals surface area contributed by atoms with E-state index < -0.39 is 0 Å². The summed E-state index contributed by atoms with van der Waals surface area (Å²) in [6, 6.07) is 17.0. The van der Waals surface area contributed by atoms with E-state index in [0.29, 0.717) is 40.9 Å². The summed E-state index contributed by atoms with van der Waals surface area (Å²) < 4.78 is 11.8. The molecule has 0 aromatic heterocycles. The number of anilines is 3. The molecule has 8 nitrogen and oxygen atoms in total. The van der Waals surface area contributed by atoms with E-state index in [1.54, 1.807) is 27.1 Å². The lowest BCUT2D eigenvalue weighted by Crippen LogP contribution is -2.39. The largest absolute Gasteiger partial charge is 0.493 e. The van der Waals surface area contributed by atoms with Crippen LogP contribution in [0.4, 0.5) is 17.1 Å². The first-order chi connectivity index (χ1) is 18.4. The van der Waals surface area contributed by atoms with Crippen LogP contribution in [0.25, 0.3) is 0 Å². The SMILES string of the molecule is CNC(C)C(=O)Nc1cc(CCl)cc(COc2cc3c(cc2OC)C(=O)N2c4ccccc4CC2CN3)c1. The highest BCUT2D eigenvalue weighted by Gasteiger charge is 2.37. The van der Waals surface area contributed by atoms with Gasteiger partial charge in [-0.3, -0.25) is 9.59 Å². The molecule has 198 valence electrons. The van der Waals surface area contributed by atoms with Crippen molar-refractivity contribution >= 4 is 40.5 Å². The fourth-order valence-electron chi connectivity index (χ4n) is 4.95. The van der Waals surface area contributed by atoms with Gasteiger partial charge in [0.15, 0.2) is 11.5 Å². The summed E-state index contributed by atoms with van der Waals surface area (Å²) in [7, 11) is 3.29. The second-order valence-corrected chi connectivity index (χ2v) is 9.82. The molecule has 3 aromatic rings. The third-order valence-corrected chi connectivity index (χ3v) is 7.36. The zero-order chi connectivity index (χ0) is 26.8. The fraction of sp³-hybridized carbons (Fsp3) is 0.310. The number of likely N-dealkylation sites (N-methyl/N-ethyl adjacent to an activating group) is 1. The van der Waals surface area contributed by atoms with Crippen LogP contribution in [0.3, 0.4) is 0 Å². The molecule has 2 unspecified atom stereocenters. The van der Waals surface area contributed by atoms with E-state index in [2.05, 4.69) is 22.0 Å². The predicted octanol–water partition coefficient (Wildman–Crippen LogP) is 4.56. The van der Waals surface area contributed by atoms with Gasteiger partial charge < -0.3 is 30.3 Å². The van der Waals surface area contributed by atoms with Crippen LogP contribution in [-0.2, 0) is 23.7 Å². The maximum atomic E-state index is 13.6. The van der Waals surface area contributed by atoms with Crippen LogP contribution in [0.1, 0.15) is 34.0 Å². The number of benzene rings is 3. The van der Waals surface area contributed by atoms with Gasteiger partial charge in [-0.2, -0.15) is 0 Å². The number of para-hydroxylation sites is 1. The molecule has 9 heteroatoms. The second-order valence-electron chi connectivity index (χ2n) is 9.55. The summed E-state index contributed by atoms with van der Waals surface area (Å²) in [5.74, 6) is 1.08. The van der Waals surface area contributed by atoms with Gasteiger partial charge in [-0.25, -0.2) is 0 Å². The molecule has 2 heterocycles. The zero-order valence-electron chi connectivity index (χ0n) is 21.6. The van der Waals surface area contributed by atoms with Gasteiger partial charge in [0.05, 0.1) is 30.4 Å². The van der Waals surface area contributed by atoms with Gasteiger partial charge in [0.25, 0.3) is 5.91 Å². The molecule has 2 amide bonds. The Morgan fingerprint density at radius 1 is 1.16 bits per heavy atom. The Balaban J connectivity index is 1.39. The third kappa shape index (κ3) is 5.01. The highest BCUT2D eigenvalue weighted by molar-refractivity contribution is 6.17. The summed E-state index contributed by atoms with van der Waals surface area (Å²) in [6.45, 7) is 2.64. The summed E-state index contributed by atoms with van der Waals surface area (Å²) in [5.41, 5.74) is 5.75. The number of rotatable bonds is 8. The van der Waals surface area contributed by atoms with Crippen molar-refractivity contribution in [3.8, 4) is 11.5 Å². The molecular formula is C29H31ClN4O4. The van der Waals surface area contributed by atoms with Crippen molar-refractivity contribution in [2.75, 3.05) is 36.2 Å². The summed E-state index contributed by atoms with van der Waals surface area (Å²) >= 11 is 6.11. The van der Waals surface area contributed by atoms with Crippen molar-refractivity contribution < 1.29 is 19.1 Å². The van der Waals surface area contributed by atoms with Crippen molar-refractivity contribution in [1.82, 2.24) is 5.32 Å². The Kier molecular flexibility index (Phi) is 7.44. The van der Waals surface area contributed by atoms with E-state index in [-0.39, 0.29) is 30.5 Å². The first kappa shape index (κ1) is 25.9. The maximum Gasteiger partial charge on any atom is 0.260 e. The lowest BCUT2D eigenvalue weighted by Gasteiger charge is -2.22. The zero-order valence-corrected chi connectivity index (χ0v) is 22.4. The van der Waals surface area contributed by atoms with Crippen LogP contribution in [0.2, 0.25) is 0 Å². The average molecular weight is 535 g/mol. The smallest absolute Gasteiger partial charge is 0.260 e. The number of hydrogen-bond donors (Lipinski definition) is 3.